The van der Waals surface area contributed by atoms with E-state index in [0.29, 0.717) is 16.7 Å². The Bertz CT molecular complexity index is 841. The highest BCUT2D eigenvalue weighted by atomic mass is 79.9. The lowest BCUT2D eigenvalue weighted by Gasteiger charge is -2.11. The van der Waals surface area contributed by atoms with Gasteiger partial charge < -0.3 is 10.4 Å². The monoisotopic (exact) mass is 381 g/mol. The van der Waals surface area contributed by atoms with Crippen molar-refractivity contribution < 1.29 is 9.90 Å². The molecule has 0 saturated heterocycles. The van der Waals surface area contributed by atoms with Crippen molar-refractivity contribution in [2.24, 2.45) is 0 Å². The Labute approximate surface area is 140 Å². The van der Waals surface area contributed by atoms with Gasteiger partial charge in [0, 0.05) is 11.0 Å². The van der Waals surface area contributed by atoms with Crippen LogP contribution in [0, 0.1) is 0 Å². The Kier molecular flexibility index (Phi) is 5.38. The van der Waals surface area contributed by atoms with E-state index in [1.54, 1.807) is 24.3 Å². The number of hydrogen-bond acceptors (Lipinski definition) is 4. The zero-order chi connectivity index (χ0) is 17.0. The third kappa shape index (κ3) is 3.70. The van der Waals surface area contributed by atoms with Gasteiger partial charge in [-0.2, -0.15) is 0 Å². The summed E-state index contributed by atoms with van der Waals surface area (Å²) in [6.45, 7) is 2.34. The Morgan fingerprint density at radius 3 is 2.78 bits per heavy atom. The number of H-pyrrole nitrogens is 1. The van der Waals surface area contributed by atoms with Crippen LogP contribution in [0.5, 0.6) is 5.88 Å². The van der Waals surface area contributed by atoms with Crippen LogP contribution < -0.4 is 16.6 Å². The number of aromatic nitrogens is 2. The minimum absolute atomic E-state index is 0.320. The number of hydrogen-bond donors (Lipinski definition) is 3. The van der Waals surface area contributed by atoms with E-state index in [0.717, 1.165) is 17.4 Å². The summed E-state index contributed by atoms with van der Waals surface area (Å²) in [7, 11) is 0. The molecule has 0 saturated carbocycles. The second-order valence-corrected chi connectivity index (χ2v) is 5.80. The largest absolute Gasteiger partial charge is 0.493 e. The SMILES string of the molecule is CCCCNC(=O)c1c(O)n(-c2cccc(Br)c2)c(=O)[nH]c1=O. The maximum Gasteiger partial charge on any atom is 0.335 e. The van der Waals surface area contributed by atoms with Gasteiger partial charge in [-0.15, -0.1) is 0 Å². The van der Waals surface area contributed by atoms with E-state index in [9.17, 15) is 19.5 Å². The molecule has 0 fully saturated rings. The zero-order valence-electron chi connectivity index (χ0n) is 12.4. The van der Waals surface area contributed by atoms with Gasteiger partial charge in [0.05, 0.1) is 5.69 Å². The van der Waals surface area contributed by atoms with Gasteiger partial charge in [-0.3, -0.25) is 14.6 Å². The fraction of sp³-hybridized carbons (Fsp3) is 0.267. The quantitative estimate of drug-likeness (QED) is 0.682. The summed E-state index contributed by atoms with van der Waals surface area (Å²) in [5.74, 6) is -1.41. The second-order valence-electron chi connectivity index (χ2n) is 4.88. The number of carbonyl (C=O) groups is 1. The lowest BCUT2D eigenvalue weighted by molar-refractivity contribution is 0.0947. The van der Waals surface area contributed by atoms with Crippen molar-refractivity contribution in [3.8, 4) is 11.6 Å². The van der Waals surface area contributed by atoms with Crippen molar-refractivity contribution in [2.75, 3.05) is 6.54 Å². The normalized spacial score (nSPS) is 10.5. The first kappa shape index (κ1) is 17.0. The van der Waals surface area contributed by atoms with Crippen LogP contribution in [0.2, 0.25) is 0 Å². The molecule has 0 unspecified atom stereocenters. The number of halogens is 1. The molecule has 3 N–H and O–H groups in total. The summed E-state index contributed by atoms with van der Waals surface area (Å²) >= 11 is 3.26. The molecular formula is C15H16BrN3O4. The highest BCUT2D eigenvalue weighted by Gasteiger charge is 2.21. The van der Waals surface area contributed by atoms with E-state index in [4.69, 9.17) is 0 Å². The first-order chi connectivity index (χ1) is 11.0. The van der Waals surface area contributed by atoms with Gasteiger partial charge in [-0.05, 0) is 24.6 Å². The van der Waals surface area contributed by atoms with E-state index in [1.807, 2.05) is 6.92 Å². The summed E-state index contributed by atoms with van der Waals surface area (Å²) < 4.78 is 1.56. The van der Waals surface area contributed by atoms with Crippen LogP contribution in [0.15, 0.2) is 38.3 Å². The van der Waals surface area contributed by atoms with E-state index in [-0.39, 0.29) is 0 Å². The molecule has 122 valence electrons. The summed E-state index contributed by atoms with van der Waals surface area (Å²) in [6.07, 6.45) is 1.62. The lowest BCUT2D eigenvalue weighted by atomic mass is 10.2. The summed E-state index contributed by atoms with van der Waals surface area (Å²) in [6, 6.07) is 6.56. The second kappa shape index (κ2) is 7.28. The number of amides is 1. The molecule has 0 aliphatic rings. The molecule has 0 spiro atoms. The molecular weight excluding hydrogens is 366 g/mol. The summed E-state index contributed by atoms with van der Waals surface area (Å²) in [4.78, 5) is 38.1. The number of benzene rings is 1. The molecule has 0 aliphatic carbocycles. The summed E-state index contributed by atoms with van der Waals surface area (Å²) in [5.41, 5.74) is -1.91. The topological polar surface area (TPSA) is 104 Å². The van der Waals surface area contributed by atoms with Crippen LogP contribution in [0.25, 0.3) is 5.69 Å². The molecule has 7 nitrogen and oxygen atoms in total. The van der Waals surface area contributed by atoms with E-state index in [2.05, 4.69) is 26.2 Å². The minimum Gasteiger partial charge on any atom is -0.493 e. The first-order valence-electron chi connectivity index (χ1n) is 7.08. The molecule has 0 aliphatic heterocycles. The zero-order valence-corrected chi connectivity index (χ0v) is 14.0. The van der Waals surface area contributed by atoms with Crippen molar-refractivity contribution in [3.05, 3.63) is 55.1 Å². The Morgan fingerprint density at radius 1 is 1.39 bits per heavy atom. The number of aromatic amines is 1. The standard InChI is InChI=1S/C15H16BrN3O4/c1-2-3-7-17-12(20)11-13(21)18-15(23)19(14(11)22)10-6-4-5-9(16)8-10/h4-6,8,22H,2-3,7H2,1H3,(H,17,20)(H,18,21,23). The molecule has 0 bridgehead atoms. The Morgan fingerprint density at radius 2 is 2.13 bits per heavy atom. The van der Waals surface area contributed by atoms with Crippen LogP contribution in [0.4, 0.5) is 0 Å². The molecule has 1 amide bonds. The van der Waals surface area contributed by atoms with Gasteiger partial charge in [0.2, 0.25) is 5.88 Å². The van der Waals surface area contributed by atoms with Crippen molar-refractivity contribution in [1.82, 2.24) is 14.9 Å². The highest BCUT2D eigenvalue weighted by Crippen LogP contribution is 2.19. The van der Waals surface area contributed by atoms with E-state index in [1.165, 1.54) is 0 Å². The lowest BCUT2D eigenvalue weighted by Crippen LogP contribution is -2.37. The van der Waals surface area contributed by atoms with Crippen LogP contribution >= 0.6 is 15.9 Å². The third-order valence-corrected chi connectivity index (χ3v) is 3.69. The van der Waals surface area contributed by atoms with E-state index >= 15 is 0 Å². The van der Waals surface area contributed by atoms with Crippen LogP contribution in [-0.4, -0.2) is 27.1 Å². The molecule has 1 aromatic heterocycles. The van der Waals surface area contributed by atoms with Crippen LogP contribution in [0.1, 0.15) is 30.1 Å². The molecule has 1 heterocycles. The molecule has 0 radical (unpaired) electrons. The maximum absolute atomic E-state index is 12.1. The smallest absolute Gasteiger partial charge is 0.335 e. The molecule has 2 rings (SSSR count). The van der Waals surface area contributed by atoms with Gasteiger partial charge in [0.15, 0.2) is 5.56 Å². The Hall–Kier alpha value is -2.35. The maximum atomic E-state index is 12.1. The average Bonchev–Trinajstić information content (AvgIpc) is 2.47. The molecule has 23 heavy (non-hydrogen) atoms. The number of rotatable bonds is 5. The fourth-order valence-corrected chi connectivity index (χ4v) is 2.44. The average molecular weight is 382 g/mol. The number of unbranched alkanes of at least 4 members (excludes halogenated alkanes) is 1. The van der Waals surface area contributed by atoms with Gasteiger partial charge >= 0.3 is 5.69 Å². The molecule has 0 atom stereocenters. The van der Waals surface area contributed by atoms with E-state index < -0.39 is 28.6 Å². The first-order valence-corrected chi connectivity index (χ1v) is 7.87. The number of nitrogens with one attached hydrogen (secondary N) is 2. The minimum atomic E-state index is -0.923. The van der Waals surface area contributed by atoms with Gasteiger partial charge in [-0.25, -0.2) is 9.36 Å². The van der Waals surface area contributed by atoms with Gasteiger partial charge in [0.25, 0.3) is 11.5 Å². The fourth-order valence-electron chi connectivity index (χ4n) is 2.05. The molecule has 8 heteroatoms. The third-order valence-electron chi connectivity index (χ3n) is 3.20. The number of carbonyl (C=O) groups excluding carboxylic acids is 1. The van der Waals surface area contributed by atoms with Crippen LogP contribution in [0.3, 0.4) is 0 Å². The van der Waals surface area contributed by atoms with Crippen LogP contribution in [-0.2, 0) is 0 Å². The predicted molar refractivity (Wildman–Crippen MR) is 89.3 cm³/mol. The Balaban J connectivity index is 2.54. The van der Waals surface area contributed by atoms with Crippen molar-refractivity contribution in [1.29, 1.82) is 0 Å². The molecule has 2 aromatic rings. The van der Waals surface area contributed by atoms with Crippen molar-refractivity contribution >= 4 is 21.8 Å². The highest BCUT2D eigenvalue weighted by molar-refractivity contribution is 9.10. The van der Waals surface area contributed by atoms with Crippen molar-refractivity contribution in [2.45, 2.75) is 19.8 Å². The number of aromatic hydroxyl groups is 1. The number of nitrogens with zero attached hydrogens (tertiary/aromatic N) is 1. The van der Waals surface area contributed by atoms with Gasteiger partial charge in [0.1, 0.15) is 0 Å². The molecule has 1 aromatic carbocycles. The van der Waals surface area contributed by atoms with Crippen molar-refractivity contribution in [3.63, 3.8) is 0 Å². The predicted octanol–water partition coefficient (Wildman–Crippen LogP) is 1.52. The summed E-state index contributed by atoms with van der Waals surface area (Å²) in [5, 5.41) is 12.8. The van der Waals surface area contributed by atoms with Gasteiger partial charge in [-0.1, -0.05) is 35.3 Å².